The molecule has 0 N–H and O–H groups in total. The van der Waals surface area contributed by atoms with Crippen LogP contribution in [-0.2, 0) is 12.8 Å². The Hall–Kier alpha value is -2.70. The van der Waals surface area contributed by atoms with Crippen molar-refractivity contribution in [2.24, 2.45) is 0 Å². The molecular weight excluding hydrogens is 589 g/mol. The summed E-state index contributed by atoms with van der Waals surface area (Å²) >= 11 is 3.89. The molecule has 0 unspecified atom stereocenters. The molecule has 0 fully saturated rings. The molecule has 45 heavy (non-hydrogen) atoms. The smallest absolute Gasteiger partial charge is 0.159 e. The maximum Gasteiger partial charge on any atom is 0.159 e. The Bertz CT molecular complexity index is 1290. The van der Waals surface area contributed by atoms with Crippen LogP contribution in [0.1, 0.15) is 109 Å². The molecule has 0 amide bonds. The topological polar surface area (TPSA) is 51.6 Å². The zero-order valence-corrected chi connectivity index (χ0v) is 29.8. The molecular formula is C39H54N4S2. The van der Waals surface area contributed by atoms with Crippen molar-refractivity contribution in [3.63, 3.8) is 0 Å². The summed E-state index contributed by atoms with van der Waals surface area (Å²) in [6.07, 6.45) is 24.1. The van der Waals surface area contributed by atoms with Crippen LogP contribution in [-0.4, -0.2) is 31.4 Å². The number of aromatic nitrogens is 4. The van der Waals surface area contributed by atoms with Gasteiger partial charge in [-0.1, -0.05) is 103 Å². The molecule has 0 aliphatic carbocycles. The van der Waals surface area contributed by atoms with Crippen LogP contribution >= 0.6 is 23.5 Å². The molecule has 0 aliphatic heterocycles. The number of nitrogens with zero attached hydrogens (tertiary/aromatic N) is 4. The van der Waals surface area contributed by atoms with Gasteiger partial charge in [0.25, 0.3) is 0 Å². The van der Waals surface area contributed by atoms with Crippen LogP contribution in [0.2, 0.25) is 0 Å². The third-order valence-corrected chi connectivity index (χ3v) is 9.72. The third kappa shape index (κ3) is 14.5. The molecule has 0 saturated carbocycles. The van der Waals surface area contributed by atoms with E-state index in [2.05, 4.69) is 96.2 Å². The van der Waals surface area contributed by atoms with Crippen LogP contribution in [0.4, 0.5) is 0 Å². The van der Waals surface area contributed by atoms with Crippen molar-refractivity contribution in [1.82, 2.24) is 19.9 Å². The van der Waals surface area contributed by atoms with E-state index in [4.69, 9.17) is 0 Å². The molecule has 2 heterocycles. The first-order chi connectivity index (χ1) is 22.2. The molecule has 0 aliphatic rings. The summed E-state index contributed by atoms with van der Waals surface area (Å²) in [7, 11) is 0. The molecule has 4 aromatic rings. The summed E-state index contributed by atoms with van der Waals surface area (Å²) < 4.78 is 0. The van der Waals surface area contributed by atoms with E-state index in [1.54, 1.807) is 0 Å². The van der Waals surface area contributed by atoms with Gasteiger partial charge >= 0.3 is 0 Å². The first-order valence-electron chi connectivity index (χ1n) is 17.2. The van der Waals surface area contributed by atoms with Gasteiger partial charge in [0.05, 0.1) is 0 Å². The van der Waals surface area contributed by atoms with E-state index in [9.17, 15) is 0 Å². The number of aryl methyl sites for hydroxylation is 2. The van der Waals surface area contributed by atoms with E-state index < -0.39 is 0 Å². The lowest BCUT2D eigenvalue weighted by molar-refractivity contribution is 0.706. The monoisotopic (exact) mass is 642 g/mol. The van der Waals surface area contributed by atoms with E-state index in [1.807, 2.05) is 48.3 Å². The molecule has 2 aromatic heterocycles. The van der Waals surface area contributed by atoms with Crippen LogP contribution in [0.3, 0.4) is 0 Å². The van der Waals surface area contributed by atoms with Gasteiger partial charge < -0.3 is 0 Å². The minimum atomic E-state index is 0.819. The van der Waals surface area contributed by atoms with Gasteiger partial charge in [0, 0.05) is 45.7 Å². The molecule has 0 saturated heterocycles. The van der Waals surface area contributed by atoms with Crippen LogP contribution < -0.4 is 0 Å². The fourth-order valence-corrected chi connectivity index (χ4v) is 6.60. The number of unbranched alkanes of at least 4 members (excludes halogenated alkanes) is 7. The van der Waals surface area contributed by atoms with E-state index >= 15 is 0 Å². The van der Waals surface area contributed by atoms with Gasteiger partial charge in [-0.15, -0.1) is 23.5 Å². The highest BCUT2D eigenvalue weighted by Gasteiger charge is 2.04. The van der Waals surface area contributed by atoms with Gasteiger partial charge in [-0.05, 0) is 79.0 Å². The van der Waals surface area contributed by atoms with Crippen LogP contribution in [0.15, 0.2) is 83.1 Å². The molecule has 0 spiro atoms. The number of benzene rings is 2. The second kappa shape index (κ2) is 22.7. The molecule has 242 valence electrons. The fourth-order valence-electron chi connectivity index (χ4n) is 4.77. The number of rotatable bonds is 19. The van der Waals surface area contributed by atoms with Crippen LogP contribution in [0.5, 0.6) is 0 Å². The van der Waals surface area contributed by atoms with E-state index in [0.717, 1.165) is 42.0 Å². The van der Waals surface area contributed by atoms with Crippen molar-refractivity contribution in [2.75, 3.05) is 11.5 Å². The van der Waals surface area contributed by atoms with Crippen molar-refractivity contribution in [1.29, 1.82) is 0 Å². The van der Waals surface area contributed by atoms with E-state index in [0.29, 0.717) is 0 Å². The summed E-state index contributed by atoms with van der Waals surface area (Å²) in [4.78, 5) is 20.6. The highest BCUT2D eigenvalue weighted by atomic mass is 32.2. The predicted molar refractivity (Wildman–Crippen MR) is 197 cm³/mol. The second-order valence-electron chi connectivity index (χ2n) is 11.6. The Labute approximate surface area is 282 Å². The Kier molecular flexibility index (Phi) is 18.6. The maximum absolute atomic E-state index is 4.51. The van der Waals surface area contributed by atoms with Crippen molar-refractivity contribution in [3.05, 3.63) is 84.4 Å². The van der Waals surface area contributed by atoms with Gasteiger partial charge in [0.1, 0.15) is 0 Å². The summed E-state index contributed by atoms with van der Waals surface area (Å²) in [5, 5.41) is 0. The number of thioether (sulfide) groups is 2. The lowest BCUT2D eigenvalue weighted by Gasteiger charge is -2.05. The van der Waals surface area contributed by atoms with Crippen molar-refractivity contribution < 1.29 is 0 Å². The second-order valence-corrected chi connectivity index (χ2v) is 13.9. The Morgan fingerprint density at radius 3 is 1.20 bits per heavy atom. The first kappa shape index (κ1) is 36.8. The largest absolute Gasteiger partial charge is 0.236 e. The van der Waals surface area contributed by atoms with Crippen molar-refractivity contribution in [3.8, 4) is 22.8 Å². The molecule has 0 bridgehead atoms. The highest BCUT2D eigenvalue weighted by Crippen LogP contribution is 2.25. The van der Waals surface area contributed by atoms with Gasteiger partial charge in [-0.3, -0.25) is 0 Å². The fraction of sp³-hybridized carbons (Fsp3) is 0.487. The average Bonchev–Trinajstić information content (AvgIpc) is 3.09. The minimum absolute atomic E-state index is 0.819. The molecule has 2 aromatic carbocycles. The normalized spacial score (nSPS) is 10.8. The number of hydrogen-bond donors (Lipinski definition) is 0. The zero-order valence-electron chi connectivity index (χ0n) is 28.1. The molecule has 0 atom stereocenters. The zero-order chi connectivity index (χ0) is 32.0. The van der Waals surface area contributed by atoms with Crippen LogP contribution in [0.25, 0.3) is 22.8 Å². The Morgan fingerprint density at radius 1 is 0.422 bits per heavy atom. The summed E-state index contributed by atoms with van der Waals surface area (Å²) in [5.41, 5.74) is 4.64. The molecule has 0 radical (unpaired) electrons. The van der Waals surface area contributed by atoms with E-state index in [-0.39, 0.29) is 0 Å². The van der Waals surface area contributed by atoms with Crippen LogP contribution in [0, 0.1) is 0 Å². The third-order valence-electron chi connectivity index (χ3n) is 7.53. The maximum atomic E-state index is 4.51. The van der Waals surface area contributed by atoms with Gasteiger partial charge in [0.2, 0.25) is 0 Å². The highest BCUT2D eigenvalue weighted by molar-refractivity contribution is 7.99. The van der Waals surface area contributed by atoms with Gasteiger partial charge in [-0.2, -0.15) is 0 Å². The lowest BCUT2D eigenvalue weighted by atomic mass is 10.1. The van der Waals surface area contributed by atoms with Gasteiger partial charge in [-0.25, -0.2) is 19.9 Å². The quantitative estimate of drug-likeness (QED) is 0.0749. The summed E-state index contributed by atoms with van der Waals surface area (Å²) in [6.45, 7) is 8.89. The number of hydrogen-bond acceptors (Lipinski definition) is 6. The molecule has 6 heteroatoms. The standard InChI is InChI=1S/C20H28N2S.C19H26N2S/c1-3-5-7-8-14-23-19-12-10-18(11-13-19)20-21-15-17(16-22-20)9-6-4-2;1-3-5-6-7-13-22-18-11-9-17(10-12-18)19-20-14-16(8-4-2)15-21-19/h10-13,15-16H,3-9,14H2,1-2H3;9-12,14-15H,3-8,13H2,1-2H3. The minimum Gasteiger partial charge on any atom is -0.236 e. The Morgan fingerprint density at radius 2 is 0.822 bits per heavy atom. The van der Waals surface area contributed by atoms with E-state index in [1.165, 1.54) is 96.6 Å². The summed E-state index contributed by atoms with van der Waals surface area (Å²) in [6, 6.07) is 17.3. The first-order valence-corrected chi connectivity index (χ1v) is 19.2. The molecule has 4 nitrogen and oxygen atoms in total. The average molecular weight is 643 g/mol. The lowest BCUT2D eigenvalue weighted by Crippen LogP contribution is -1.92. The Balaban J connectivity index is 0.000000246. The predicted octanol–water partition coefficient (Wildman–Crippen LogP) is 11.9. The molecule has 4 rings (SSSR count). The SMILES string of the molecule is CCCCCCSc1ccc(-c2ncc(CCC)cn2)cc1.CCCCCCSc1ccc(-c2ncc(CCCC)cn2)cc1. The summed E-state index contributed by atoms with van der Waals surface area (Å²) in [5.74, 6) is 4.06. The van der Waals surface area contributed by atoms with Crippen molar-refractivity contribution in [2.45, 2.75) is 121 Å². The van der Waals surface area contributed by atoms with Gasteiger partial charge in [0.15, 0.2) is 11.6 Å². The van der Waals surface area contributed by atoms with Crippen molar-refractivity contribution >= 4 is 23.5 Å².